The number of nitrogens with two attached hydrogens (primary N) is 1. The molecule has 2 heterocycles. The van der Waals surface area contributed by atoms with E-state index in [9.17, 15) is 9.59 Å². The van der Waals surface area contributed by atoms with Gasteiger partial charge in [0.2, 0.25) is 5.91 Å². The van der Waals surface area contributed by atoms with E-state index in [1.54, 1.807) is 0 Å². The van der Waals surface area contributed by atoms with Gasteiger partial charge in [-0.25, -0.2) is 4.79 Å². The Morgan fingerprint density at radius 2 is 2.25 bits per heavy atom. The first-order valence-electron chi connectivity index (χ1n) is 3.93. The second kappa shape index (κ2) is 2.20. The highest BCUT2D eigenvalue weighted by atomic mass is 16.4. The van der Waals surface area contributed by atoms with Crippen LogP contribution < -0.4 is 5.73 Å². The SMILES string of the molecule is N[C@@H]1C(=O)N2[C@@H](C(=O)O)CC[C@H]12. The molecule has 66 valence electrons. The summed E-state index contributed by atoms with van der Waals surface area (Å²) in [4.78, 5) is 23.1. The predicted molar refractivity (Wildman–Crippen MR) is 39.3 cm³/mol. The van der Waals surface area contributed by atoms with E-state index in [1.807, 2.05) is 0 Å². The van der Waals surface area contributed by atoms with Crippen LogP contribution in [0.25, 0.3) is 0 Å². The molecule has 2 aliphatic rings. The fraction of sp³-hybridized carbons (Fsp3) is 0.714. The average molecular weight is 170 g/mol. The number of hydrogen-bond acceptors (Lipinski definition) is 3. The number of carboxylic acid groups (broad SMARTS) is 1. The Bertz CT molecular complexity index is 253. The number of carbonyl (C=O) groups excluding carboxylic acids is 1. The second-order valence-electron chi connectivity index (χ2n) is 3.27. The van der Waals surface area contributed by atoms with Crippen LogP contribution in [-0.2, 0) is 9.59 Å². The zero-order valence-electron chi connectivity index (χ0n) is 6.43. The molecule has 0 saturated carbocycles. The predicted octanol–water partition coefficient (Wildman–Crippen LogP) is -1.23. The van der Waals surface area contributed by atoms with Gasteiger partial charge in [-0.1, -0.05) is 0 Å². The zero-order chi connectivity index (χ0) is 8.88. The molecule has 1 amide bonds. The maximum Gasteiger partial charge on any atom is 0.326 e. The molecule has 2 aliphatic heterocycles. The number of carbonyl (C=O) groups is 2. The van der Waals surface area contributed by atoms with Gasteiger partial charge in [-0.3, -0.25) is 4.79 Å². The van der Waals surface area contributed by atoms with Crippen molar-refractivity contribution in [3.05, 3.63) is 0 Å². The van der Waals surface area contributed by atoms with Gasteiger partial charge < -0.3 is 15.7 Å². The molecule has 2 rings (SSSR count). The number of β-lactam (4-membered cyclic amide) rings is 1. The molecule has 2 fully saturated rings. The van der Waals surface area contributed by atoms with Gasteiger partial charge in [0, 0.05) is 0 Å². The Morgan fingerprint density at radius 1 is 1.58 bits per heavy atom. The van der Waals surface area contributed by atoms with Crippen molar-refractivity contribution in [3.63, 3.8) is 0 Å². The molecule has 2 saturated heterocycles. The maximum absolute atomic E-state index is 11.1. The maximum atomic E-state index is 11.1. The lowest BCUT2D eigenvalue weighted by atomic mass is 9.97. The Hall–Kier alpha value is -1.10. The molecule has 5 heteroatoms. The van der Waals surface area contributed by atoms with Gasteiger partial charge in [0.15, 0.2) is 0 Å². The molecule has 5 nitrogen and oxygen atoms in total. The fourth-order valence-electron chi connectivity index (χ4n) is 2.00. The van der Waals surface area contributed by atoms with Gasteiger partial charge >= 0.3 is 5.97 Å². The van der Waals surface area contributed by atoms with E-state index in [-0.39, 0.29) is 11.9 Å². The van der Waals surface area contributed by atoms with Crippen LogP contribution in [0.3, 0.4) is 0 Å². The Kier molecular flexibility index (Phi) is 1.38. The molecular formula is C7H10N2O3. The summed E-state index contributed by atoms with van der Waals surface area (Å²) in [6.07, 6.45) is 1.27. The Labute approximate surface area is 69.1 Å². The van der Waals surface area contributed by atoms with Crippen molar-refractivity contribution in [3.8, 4) is 0 Å². The number of aliphatic carboxylic acids is 1. The van der Waals surface area contributed by atoms with Gasteiger partial charge in [0.25, 0.3) is 0 Å². The van der Waals surface area contributed by atoms with Crippen LogP contribution in [0.4, 0.5) is 0 Å². The summed E-state index contributed by atoms with van der Waals surface area (Å²) in [6, 6.07) is -1.09. The van der Waals surface area contributed by atoms with Gasteiger partial charge in [0.05, 0.1) is 6.04 Å². The van der Waals surface area contributed by atoms with Crippen LogP contribution in [-0.4, -0.2) is 40.0 Å². The minimum Gasteiger partial charge on any atom is -0.480 e. The molecule has 0 bridgehead atoms. The molecule has 0 aliphatic carbocycles. The lowest BCUT2D eigenvalue weighted by Crippen LogP contribution is -2.68. The number of carboxylic acids is 1. The quantitative estimate of drug-likeness (QED) is 0.483. The standard InChI is InChI=1S/C7H10N2O3/c8-5-3-1-2-4(7(11)12)9(3)6(5)10/h3-5H,1-2,8H2,(H,11,12)/t3-,4-,5+/m1/s1. The molecule has 0 aromatic rings. The van der Waals surface area contributed by atoms with E-state index < -0.39 is 18.1 Å². The largest absolute Gasteiger partial charge is 0.480 e. The van der Waals surface area contributed by atoms with E-state index in [1.165, 1.54) is 4.90 Å². The summed E-state index contributed by atoms with van der Waals surface area (Å²) in [5.74, 6) is -1.14. The van der Waals surface area contributed by atoms with Crippen LogP contribution in [0.2, 0.25) is 0 Å². The first kappa shape index (κ1) is 7.54. The third-order valence-corrected chi connectivity index (χ3v) is 2.67. The monoisotopic (exact) mass is 170 g/mol. The second-order valence-corrected chi connectivity index (χ2v) is 3.27. The highest BCUT2D eigenvalue weighted by Gasteiger charge is 2.54. The highest BCUT2D eigenvalue weighted by molar-refractivity contribution is 5.94. The van der Waals surface area contributed by atoms with Crippen molar-refractivity contribution in [1.29, 1.82) is 0 Å². The van der Waals surface area contributed by atoms with Crippen molar-refractivity contribution in [1.82, 2.24) is 4.90 Å². The smallest absolute Gasteiger partial charge is 0.326 e. The summed E-state index contributed by atoms with van der Waals surface area (Å²) in [5.41, 5.74) is 5.49. The van der Waals surface area contributed by atoms with Gasteiger partial charge in [0.1, 0.15) is 12.1 Å². The minimum atomic E-state index is -0.919. The summed E-state index contributed by atoms with van der Waals surface area (Å²) >= 11 is 0. The lowest BCUT2D eigenvalue weighted by molar-refractivity contribution is -0.158. The van der Waals surface area contributed by atoms with Crippen molar-refractivity contribution < 1.29 is 14.7 Å². The van der Waals surface area contributed by atoms with Crippen LogP contribution in [0.1, 0.15) is 12.8 Å². The van der Waals surface area contributed by atoms with E-state index in [4.69, 9.17) is 10.8 Å². The van der Waals surface area contributed by atoms with Gasteiger partial charge in [-0.15, -0.1) is 0 Å². The normalized spacial score (nSPS) is 39.2. The molecule has 0 radical (unpaired) electrons. The summed E-state index contributed by atoms with van der Waals surface area (Å²) < 4.78 is 0. The van der Waals surface area contributed by atoms with Crippen LogP contribution in [0.5, 0.6) is 0 Å². The molecule has 0 aromatic heterocycles. The van der Waals surface area contributed by atoms with Crippen LogP contribution in [0, 0.1) is 0 Å². The first-order chi connectivity index (χ1) is 5.63. The van der Waals surface area contributed by atoms with Crippen molar-refractivity contribution in [2.75, 3.05) is 0 Å². The number of rotatable bonds is 1. The van der Waals surface area contributed by atoms with Crippen molar-refractivity contribution in [2.45, 2.75) is 31.0 Å². The van der Waals surface area contributed by atoms with Crippen molar-refractivity contribution >= 4 is 11.9 Å². The molecule has 3 N–H and O–H groups in total. The molecule has 3 atom stereocenters. The van der Waals surface area contributed by atoms with Gasteiger partial charge in [-0.2, -0.15) is 0 Å². The summed E-state index contributed by atoms with van der Waals surface area (Å²) in [5, 5.41) is 8.70. The van der Waals surface area contributed by atoms with Gasteiger partial charge in [-0.05, 0) is 12.8 Å². The fourth-order valence-corrected chi connectivity index (χ4v) is 2.00. The van der Waals surface area contributed by atoms with E-state index in [0.717, 1.165) is 6.42 Å². The number of nitrogens with zero attached hydrogens (tertiary/aromatic N) is 1. The molecule has 0 spiro atoms. The molecule has 12 heavy (non-hydrogen) atoms. The molecular weight excluding hydrogens is 160 g/mol. The topological polar surface area (TPSA) is 83.6 Å². The van der Waals surface area contributed by atoms with E-state index in [0.29, 0.717) is 6.42 Å². The number of fused-ring (bicyclic) bond motifs is 1. The average Bonchev–Trinajstić information content (AvgIpc) is 2.43. The van der Waals surface area contributed by atoms with Crippen molar-refractivity contribution in [2.24, 2.45) is 5.73 Å². The van der Waals surface area contributed by atoms with Crippen LogP contribution in [0.15, 0.2) is 0 Å². The third kappa shape index (κ3) is 0.714. The molecule has 0 unspecified atom stereocenters. The lowest BCUT2D eigenvalue weighted by Gasteiger charge is -2.42. The third-order valence-electron chi connectivity index (χ3n) is 2.67. The van der Waals surface area contributed by atoms with E-state index in [2.05, 4.69) is 0 Å². The Balaban J connectivity index is 2.16. The first-order valence-corrected chi connectivity index (χ1v) is 3.93. The zero-order valence-corrected chi connectivity index (χ0v) is 6.43. The minimum absolute atomic E-state index is 0.0152. The highest BCUT2D eigenvalue weighted by Crippen LogP contribution is 2.34. The summed E-state index contributed by atoms with van der Waals surface area (Å²) in [6.45, 7) is 0. The summed E-state index contributed by atoms with van der Waals surface area (Å²) in [7, 11) is 0. The number of hydrogen-bond donors (Lipinski definition) is 2. The Morgan fingerprint density at radius 3 is 2.83 bits per heavy atom. The molecule has 0 aromatic carbocycles. The van der Waals surface area contributed by atoms with E-state index >= 15 is 0 Å². The van der Waals surface area contributed by atoms with Crippen LogP contribution >= 0.6 is 0 Å². The number of amides is 1.